The van der Waals surface area contributed by atoms with Gasteiger partial charge in [0.05, 0.1) is 17.0 Å². The second-order valence-corrected chi connectivity index (χ2v) is 6.30. The maximum absolute atomic E-state index is 12.9. The number of ether oxygens (including phenoxy) is 3. The summed E-state index contributed by atoms with van der Waals surface area (Å²) in [5.74, 6) is 0.719. The van der Waals surface area contributed by atoms with Gasteiger partial charge in [0, 0.05) is 34.7 Å². The zero-order valence-electron chi connectivity index (χ0n) is 14.7. The van der Waals surface area contributed by atoms with Crippen LogP contribution in [0.2, 0.25) is 0 Å². The number of non-ortho nitro benzene ring substituents is 1. The van der Waals surface area contributed by atoms with E-state index in [1.807, 2.05) is 0 Å². The number of aromatic nitrogens is 1. The molecule has 7 nitrogen and oxygen atoms in total. The van der Waals surface area contributed by atoms with Crippen LogP contribution in [-0.4, -0.2) is 16.7 Å². The predicted octanol–water partition coefficient (Wildman–Crippen LogP) is 4.61. The van der Waals surface area contributed by atoms with Crippen LogP contribution in [0, 0.1) is 10.1 Å². The lowest BCUT2D eigenvalue weighted by Crippen LogP contribution is -2.14. The van der Waals surface area contributed by atoms with Crippen molar-refractivity contribution in [2.75, 3.05) is 6.79 Å². The topological polar surface area (TPSA) is 83.7 Å². The Labute approximate surface area is 161 Å². The number of nitro benzene ring substituents is 1. The zero-order chi connectivity index (χ0) is 20.6. The van der Waals surface area contributed by atoms with Crippen molar-refractivity contribution in [1.29, 1.82) is 0 Å². The van der Waals surface area contributed by atoms with Gasteiger partial charge in [0.25, 0.3) is 5.69 Å². The van der Waals surface area contributed by atoms with Gasteiger partial charge in [-0.15, -0.1) is 0 Å². The van der Waals surface area contributed by atoms with E-state index in [9.17, 15) is 23.3 Å². The van der Waals surface area contributed by atoms with Gasteiger partial charge < -0.3 is 14.2 Å². The zero-order valence-corrected chi connectivity index (χ0v) is 14.7. The lowest BCUT2D eigenvalue weighted by molar-refractivity contribution is -0.385. The molecule has 0 bridgehead atoms. The smallest absolute Gasteiger partial charge is 0.433 e. The number of hydrogen-bond donors (Lipinski definition) is 0. The molecule has 2 heterocycles. The van der Waals surface area contributed by atoms with Crippen LogP contribution in [0.1, 0.15) is 16.8 Å². The molecule has 0 aliphatic carbocycles. The Bertz CT molecular complexity index is 1100. The number of hydrogen-bond acceptors (Lipinski definition) is 6. The van der Waals surface area contributed by atoms with Crippen LogP contribution in [0.4, 0.5) is 18.9 Å². The molecule has 0 amide bonds. The lowest BCUT2D eigenvalue weighted by Gasteiger charge is -2.20. The van der Waals surface area contributed by atoms with Gasteiger partial charge in [0.1, 0.15) is 23.8 Å². The largest absolute Gasteiger partial charge is 0.489 e. The van der Waals surface area contributed by atoms with Crippen molar-refractivity contribution < 1.29 is 32.3 Å². The molecule has 0 spiro atoms. The van der Waals surface area contributed by atoms with Gasteiger partial charge in [0.15, 0.2) is 6.79 Å². The molecule has 0 N–H and O–H groups in total. The number of alkyl halides is 3. The van der Waals surface area contributed by atoms with Gasteiger partial charge in [-0.05, 0) is 18.2 Å². The summed E-state index contributed by atoms with van der Waals surface area (Å²) in [6, 6.07) is 9.52. The average Bonchev–Trinajstić information content (AvgIpc) is 2.70. The first kappa shape index (κ1) is 18.9. The molecule has 0 saturated carbocycles. The first-order chi connectivity index (χ1) is 13.8. The van der Waals surface area contributed by atoms with E-state index in [-0.39, 0.29) is 37.0 Å². The first-order valence-corrected chi connectivity index (χ1v) is 8.43. The highest BCUT2D eigenvalue weighted by molar-refractivity contribution is 5.80. The minimum atomic E-state index is -4.55. The number of rotatable bonds is 4. The number of nitro groups is 1. The fourth-order valence-electron chi connectivity index (χ4n) is 3.00. The Balaban J connectivity index is 1.62. The van der Waals surface area contributed by atoms with E-state index in [0.29, 0.717) is 22.3 Å². The molecule has 0 fully saturated rings. The van der Waals surface area contributed by atoms with Crippen LogP contribution in [0.15, 0.2) is 42.5 Å². The molecular weight excluding hydrogens is 393 g/mol. The van der Waals surface area contributed by atoms with Crippen LogP contribution < -0.4 is 9.47 Å². The Kier molecular flexibility index (Phi) is 4.71. The second-order valence-electron chi connectivity index (χ2n) is 6.30. The Morgan fingerprint density at radius 2 is 1.97 bits per heavy atom. The monoisotopic (exact) mass is 406 g/mol. The first-order valence-electron chi connectivity index (χ1n) is 8.43. The molecule has 0 saturated heterocycles. The molecule has 1 aromatic heterocycles. The Morgan fingerprint density at radius 3 is 2.72 bits per heavy atom. The highest BCUT2D eigenvalue weighted by Crippen LogP contribution is 2.34. The quantitative estimate of drug-likeness (QED) is 0.465. The molecule has 0 atom stereocenters. The number of pyridine rings is 1. The van der Waals surface area contributed by atoms with Crippen molar-refractivity contribution in [3.05, 3.63) is 69.4 Å². The van der Waals surface area contributed by atoms with Crippen LogP contribution >= 0.6 is 0 Å². The standard InChI is InChI=1S/C19H13F3N2O5/c20-19(21,22)17-4-2-11-1-3-15(7-16(11)23-17)28-9-13-6-14(24(25)26)5-12-8-27-10-29-18(12)13/h1-7H,8-10H2. The summed E-state index contributed by atoms with van der Waals surface area (Å²) >= 11 is 0. The molecule has 29 heavy (non-hydrogen) atoms. The fourth-order valence-corrected chi connectivity index (χ4v) is 3.00. The number of halogens is 3. The maximum atomic E-state index is 12.9. The summed E-state index contributed by atoms with van der Waals surface area (Å²) in [5, 5.41) is 11.7. The molecule has 0 unspecified atom stereocenters. The maximum Gasteiger partial charge on any atom is 0.433 e. The van der Waals surface area contributed by atoms with Crippen molar-refractivity contribution in [2.24, 2.45) is 0 Å². The van der Waals surface area contributed by atoms with Crippen molar-refractivity contribution in [3.63, 3.8) is 0 Å². The van der Waals surface area contributed by atoms with E-state index >= 15 is 0 Å². The molecular formula is C19H13F3N2O5. The van der Waals surface area contributed by atoms with E-state index in [0.717, 1.165) is 6.07 Å². The molecule has 1 aliphatic rings. The van der Waals surface area contributed by atoms with Crippen molar-refractivity contribution in [2.45, 2.75) is 19.4 Å². The van der Waals surface area contributed by atoms with Crippen LogP contribution in [-0.2, 0) is 24.1 Å². The summed E-state index contributed by atoms with van der Waals surface area (Å²) in [4.78, 5) is 14.3. The van der Waals surface area contributed by atoms with Gasteiger partial charge in [-0.1, -0.05) is 6.07 Å². The summed E-state index contributed by atoms with van der Waals surface area (Å²) < 4.78 is 54.9. The summed E-state index contributed by atoms with van der Waals surface area (Å²) in [6.07, 6.45) is -4.55. The van der Waals surface area contributed by atoms with E-state index in [4.69, 9.17) is 14.2 Å². The SMILES string of the molecule is O=[N+]([O-])c1cc2c(c(COc3ccc4ccc(C(F)(F)F)nc4c3)c1)OCOC2. The third-order valence-electron chi connectivity index (χ3n) is 4.33. The fraction of sp³-hybridized carbons (Fsp3) is 0.211. The third kappa shape index (κ3) is 3.92. The van der Waals surface area contributed by atoms with E-state index in [2.05, 4.69) is 4.98 Å². The molecule has 10 heteroatoms. The van der Waals surface area contributed by atoms with Gasteiger partial charge in [-0.2, -0.15) is 13.2 Å². The molecule has 1 aliphatic heterocycles. The Hall–Kier alpha value is -3.40. The minimum absolute atomic E-state index is 0.0118. The van der Waals surface area contributed by atoms with Crippen molar-refractivity contribution >= 4 is 16.6 Å². The summed E-state index contributed by atoms with van der Waals surface area (Å²) in [5.41, 5.74) is -0.0357. The van der Waals surface area contributed by atoms with Crippen LogP contribution in [0.25, 0.3) is 10.9 Å². The minimum Gasteiger partial charge on any atom is -0.489 e. The average molecular weight is 406 g/mol. The summed E-state index contributed by atoms with van der Waals surface area (Å²) in [6.45, 7) is 0.108. The predicted molar refractivity (Wildman–Crippen MR) is 94.5 cm³/mol. The van der Waals surface area contributed by atoms with Crippen LogP contribution in [0.5, 0.6) is 11.5 Å². The molecule has 150 valence electrons. The Morgan fingerprint density at radius 1 is 1.17 bits per heavy atom. The lowest BCUT2D eigenvalue weighted by atomic mass is 10.1. The second kappa shape index (κ2) is 7.21. The van der Waals surface area contributed by atoms with Gasteiger partial charge in [-0.25, -0.2) is 4.98 Å². The van der Waals surface area contributed by atoms with Gasteiger partial charge >= 0.3 is 6.18 Å². The normalized spacial score (nSPS) is 13.6. The van der Waals surface area contributed by atoms with Gasteiger partial charge in [-0.3, -0.25) is 10.1 Å². The van der Waals surface area contributed by atoms with E-state index in [1.165, 1.54) is 24.3 Å². The number of nitrogens with zero attached hydrogens (tertiary/aromatic N) is 2. The number of benzene rings is 2. The molecule has 2 aromatic carbocycles. The summed E-state index contributed by atoms with van der Waals surface area (Å²) in [7, 11) is 0. The van der Waals surface area contributed by atoms with Crippen LogP contribution in [0.3, 0.4) is 0 Å². The van der Waals surface area contributed by atoms with Crippen molar-refractivity contribution in [3.8, 4) is 11.5 Å². The number of fused-ring (bicyclic) bond motifs is 2. The van der Waals surface area contributed by atoms with E-state index in [1.54, 1.807) is 12.1 Å². The highest BCUT2D eigenvalue weighted by Gasteiger charge is 2.32. The molecule has 4 rings (SSSR count). The third-order valence-corrected chi connectivity index (χ3v) is 4.33. The van der Waals surface area contributed by atoms with E-state index < -0.39 is 16.8 Å². The van der Waals surface area contributed by atoms with Gasteiger partial charge in [0.2, 0.25) is 0 Å². The highest BCUT2D eigenvalue weighted by atomic mass is 19.4. The molecule has 3 aromatic rings. The van der Waals surface area contributed by atoms with Crippen molar-refractivity contribution in [1.82, 2.24) is 4.98 Å². The molecule has 0 radical (unpaired) electrons.